The van der Waals surface area contributed by atoms with Crippen LogP contribution in [0.1, 0.15) is 35.7 Å². The van der Waals surface area contributed by atoms with Crippen LogP contribution in [-0.4, -0.2) is 50.6 Å². The largest absolute Gasteiger partial charge is 0.360 e. The van der Waals surface area contributed by atoms with Crippen molar-refractivity contribution < 1.29 is 4.52 Å². The maximum atomic E-state index is 5.42. The SMILES string of the molecule is Cc1cc(CN2C[C@H]3CC[C@@H]2CN(Cc2nc[nH]c2C)C3)on1. The highest BCUT2D eigenvalue weighted by Gasteiger charge is 2.35. The van der Waals surface area contributed by atoms with Crippen molar-refractivity contribution in [2.45, 2.75) is 45.8 Å². The van der Waals surface area contributed by atoms with Gasteiger partial charge in [-0.25, -0.2) is 4.98 Å². The van der Waals surface area contributed by atoms with Crippen LogP contribution in [0.15, 0.2) is 16.9 Å². The van der Waals surface area contributed by atoms with Gasteiger partial charge in [0.15, 0.2) is 5.76 Å². The first-order valence-electron chi connectivity index (χ1n) is 8.55. The summed E-state index contributed by atoms with van der Waals surface area (Å²) >= 11 is 0. The monoisotopic (exact) mass is 315 g/mol. The molecule has 3 aliphatic rings. The number of aryl methyl sites for hydroxylation is 2. The van der Waals surface area contributed by atoms with Gasteiger partial charge in [0.2, 0.25) is 0 Å². The van der Waals surface area contributed by atoms with E-state index in [1.165, 1.54) is 37.3 Å². The van der Waals surface area contributed by atoms with Crippen LogP contribution in [0, 0.1) is 19.8 Å². The minimum absolute atomic E-state index is 0.610. The molecule has 3 saturated heterocycles. The molecular weight excluding hydrogens is 290 g/mol. The fraction of sp³-hybridized carbons (Fsp3) is 0.647. The molecule has 0 spiro atoms. The van der Waals surface area contributed by atoms with Gasteiger partial charge in [0, 0.05) is 44.0 Å². The first-order valence-corrected chi connectivity index (χ1v) is 8.55. The molecule has 0 aromatic carbocycles. The molecule has 6 nitrogen and oxygen atoms in total. The van der Waals surface area contributed by atoms with Gasteiger partial charge >= 0.3 is 0 Å². The fourth-order valence-corrected chi connectivity index (χ4v) is 4.05. The molecule has 23 heavy (non-hydrogen) atoms. The van der Waals surface area contributed by atoms with Gasteiger partial charge in [-0.15, -0.1) is 0 Å². The van der Waals surface area contributed by atoms with Gasteiger partial charge in [-0.2, -0.15) is 0 Å². The quantitative estimate of drug-likeness (QED) is 0.936. The van der Waals surface area contributed by atoms with Crippen molar-refractivity contribution in [1.29, 1.82) is 0 Å². The predicted octanol–water partition coefficient (Wildman–Crippen LogP) is 2.11. The summed E-state index contributed by atoms with van der Waals surface area (Å²) in [4.78, 5) is 12.8. The number of hydrogen-bond donors (Lipinski definition) is 1. The maximum Gasteiger partial charge on any atom is 0.150 e. The average Bonchev–Trinajstić information content (AvgIpc) is 3.00. The number of nitrogens with one attached hydrogen (secondary N) is 1. The van der Waals surface area contributed by atoms with Crippen molar-refractivity contribution in [3.8, 4) is 0 Å². The van der Waals surface area contributed by atoms with Crippen molar-refractivity contribution in [2.24, 2.45) is 5.92 Å². The van der Waals surface area contributed by atoms with Gasteiger partial charge in [-0.05, 0) is 32.6 Å². The molecule has 5 heterocycles. The molecule has 0 aliphatic carbocycles. The van der Waals surface area contributed by atoms with Crippen LogP contribution in [0.5, 0.6) is 0 Å². The second-order valence-electron chi connectivity index (χ2n) is 7.13. The lowest BCUT2D eigenvalue weighted by Gasteiger charge is -2.35. The van der Waals surface area contributed by atoms with Gasteiger partial charge in [0.05, 0.1) is 24.3 Å². The van der Waals surface area contributed by atoms with Crippen LogP contribution in [-0.2, 0) is 13.1 Å². The average molecular weight is 315 g/mol. The number of rotatable bonds is 4. The van der Waals surface area contributed by atoms with E-state index in [1.54, 1.807) is 6.33 Å². The minimum atomic E-state index is 0.610. The van der Waals surface area contributed by atoms with E-state index >= 15 is 0 Å². The minimum Gasteiger partial charge on any atom is -0.360 e. The van der Waals surface area contributed by atoms with Crippen LogP contribution in [0.3, 0.4) is 0 Å². The second-order valence-corrected chi connectivity index (χ2v) is 7.13. The Morgan fingerprint density at radius 3 is 2.87 bits per heavy atom. The molecular formula is C17H25N5O. The summed E-state index contributed by atoms with van der Waals surface area (Å²) in [5.41, 5.74) is 3.34. The van der Waals surface area contributed by atoms with Crippen molar-refractivity contribution in [2.75, 3.05) is 19.6 Å². The maximum absolute atomic E-state index is 5.42. The Balaban J connectivity index is 1.45. The van der Waals surface area contributed by atoms with Crippen molar-refractivity contribution in [1.82, 2.24) is 24.9 Å². The molecule has 5 rings (SSSR count). The van der Waals surface area contributed by atoms with Crippen LogP contribution < -0.4 is 0 Å². The highest BCUT2D eigenvalue weighted by molar-refractivity contribution is 5.09. The van der Waals surface area contributed by atoms with Gasteiger partial charge in [0.25, 0.3) is 0 Å². The summed E-state index contributed by atoms with van der Waals surface area (Å²) in [6.45, 7) is 9.39. The van der Waals surface area contributed by atoms with E-state index in [2.05, 4.69) is 37.9 Å². The Morgan fingerprint density at radius 1 is 1.22 bits per heavy atom. The first kappa shape index (κ1) is 14.9. The van der Waals surface area contributed by atoms with E-state index < -0.39 is 0 Å². The zero-order chi connectivity index (χ0) is 15.8. The van der Waals surface area contributed by atoms with E-state index in [4.69, 9.17) is 4.52 Å². The Morgan fingerprint density at radius 2 is 2.13 bits per heavy atom. The number of fused-ring (bicyclic) bond motifs is 4. The summed E-state index contributed by atoms with van der Waals surface area (Å²) < 4.78 is 5.42. The molecule has 2 aromatic rings. The first-order chi connectivity index (χ1) is 11.2. The summed E-state index contributed by atoms with van der Waals surface area (Å²) in [5.74, 6) is 1.74. The summed E-state index contributed by atoms with van der Waals surface area (Å²) in [7, 11) is 0. The third-order valence-electron chi connectivity index (χ3n) is 5.25. The van der Waals surface area contributed by atoms with E-state index in [9.17, 15) is 0 Å². The molecule has 2 aromatic heterocycles. The zero-order valence-corrected chi connectivity index (χ0v) is 14.0. The van der Waals surface area contributed by atoms with E-state index in [-0.39, 0.29) is 0 Å². The Bertz CT molecular complexity index is 663. The highest BCUT2D eigenvalue weighted by Crippen LogP contribution is 2.30. The molecule has 0 radical (unpaired) electrons. The van der Waals surface area contributed by atoms with Gasteiger partial charge in [-0.1, -0.05) is 5.16 Å². The number of piperidine rings is 1. The zero-order valence-electron chi connectivity index (χ0n) is 14.0. The third-order valence-corrected chi connectivity index (χ3v) is 5.25. The number of aromatic nitrogens is 3. The summed E-state index contributed by atoms with van der Waals surface area (Å²) in [6, 6.07) is 2.67. The van der Waals surface area contributed by atoms with Crippen molar-refractivity contribution in [3.05, 3.63) is 35.2 Å². The smallest absolute Gasteiger partial charge is 0.150 e. The molecule has 2 bridgehead atoms. The fourth-order valence-electron chi connectivity index (χ4n) is 4.05. The second kappa shape index (κ2) is 6.09. The molecule has 0 unspecified atom stereocenters. The molecule has 0 saturated carbocycles. The highest BCUT2D eigenvalue weighted by atomic mass is 16.5. The Labute approximate surface area is 136 Å². The lowest BCUT2D eigenvalue weighted by molar-refractivity contribution is 0.111. The number of H-pyrrole nitrogens is 1. The molecule has 124 valence electrons. The molecule has 0 amide bonds. The van der Waals surface area contributed by atoms with Crippen LogP contribution in [0.25, 0.3) is 0 Å². The third kappa shape index (κ3) is 3.19. The van der Waals surface area contributed by atoms with Crippen LogP contribution in [0.4, 0.5) is 0 Å². The summed E-state index contributed by atoms with van der Waals surface area (Å²) in [6.07, 6.45) is 4.43. The lowest BCUT2D eigenvalue weighted by atomic mass is 9.95. The van der Waals surface area contributed by atoms with Crippen LogP contribution >= 0.6 is 0 Å². The van der Waals surface area contributed by atoms with E-state index in [1.807, 2.05) is 6.92 Å². The molecule has 3 fully saturated rings. The lowest BCUT2D eigenvalue weighted by Crippen LogP contribution is -2.43. The molecule has 1 N–H and O–H groups in total. The topological polar surface area (TPSA) is 61.2 Å². The molecule has 3 aliphatic heterocycles. The van der Waals surface area contributed by atoms with Crippen molar-refractivity contribution >= 4 is 0 Å². The number of imidazole rings is 1. The standard InChI is InChI=1S/C17H25N5O/c1-12-5-16(23-20-12)9-22-7-14-3-4-15(22)8-21(6-14)10-17-13(2)18-11-19-17/h5,11,14-15H,3-4,6-10H2,1-2H3,(H,18,19)/t14-,15+/m0/s1. The molecule has 6 heteroatoms. The van der Waals surface area contributed by atoms with Crippen LogP contribution in [0.2, 0.25) is 0 Å². The predicted molar refractivity (Wildman–Crippen MR) is 86.8 cm³/mol. The Hall–Kier alpha value is -1.66. The van der Waals surface area contributed by atoms with Gasteiger partial charge < -0.3 is 9.51 Å². The van der Waals surface area contributed by atoms with E-state index in [0.717, 1.165) is 37.0 Å². The Kier molecular flexibility index (Phi) is 3.95. The molecule has 2 atom stereocenters. The van der Waals surface area contributed by atoms with Gasteiger partial charge in [-0.3, -0.25) is 9.80 Å². The number of hydrogen-bond acceptors (Lipinski definition) is 5. The normalized spacial score (nSPS) is 25.8. The van der Waals surface area contributed by atoms with Crippen molar-refractivity contribution in [3.63, 3.8) is 0 Å². The number of aromatic amines is 1. The summed E-state index contributed by atoms with van der Waals surface area (Å²) in [5, 5.41) is 4.02. The van der Waals surface area contributed by atoms with E-state index in [0.29, 0.717) is 6.04 Å². The van der Waals surface area contributed by atoms with Gasteiger partial charge in [0.1, 0.15) is 0 Å². The number of nitrogens with zero attached hydrogens (tertiary/aromatic N) is 4.